The van der Waals surface area contributed by atoms with Gasteiger partial charge in [0.15, 0.2) is 5.13 Å². The van der Waals surface area contributed by atoms with Crippen molar-refractivity contribution < 1.29 is 9.18 Å². The Bertz CT molecular complexity index is 1190. The summed E-state index contributed by atoms with van der Waals surface area (Å²) in [6, 6.07) is 12.0. The molecule has 0 unspecified atom stereocenters. The number of hydrogen-bond acceptors (Lipinski definition) is 6. The van der Waals surface area contributed by atoms with Crippen LogP contribution in [0.5, 0.6) is 0 Å². The second-order valence-electron chi connectivity index (χ2n) is 7.26. The summed E-state index contributed by atoms with van der Waals surface area (Å²) in [7, 11) is 0. The van der Waals surface area contributed by atoms with Gasteiger partial charge in [-0.2, -0.15) is 0 Å². The number of carbonyl (C=O) groups excluding carboxylic acids is 1. The van der Waals surface area contributed by atoms with E-state index in [0.717, 1.165) is 34.6 Å². The highest BCUT2D eigenvalue weighted by Gasteiger charge is 2.30. The van der Waals surface area contributed by atoms with Crippen molar-refractivity contribution in [3.63, 3.8) is 0 Å². The third-order valence-electron chi connectivity index (χ3n) is 5.31. The number of carbonyl (C=O) groups is 1. The maximum Gasteiger partial charge on any atom is 0.253 e. The molecule has 7 nitrogen and oxygen atoms in total. The van der Waals surface area contributed by atoms with Crippen LogP contribution >= 0.6 is 11.3 Å². The van der Waals surface area contributed by atoms with Crippen molar-refractivity contribution in [3.05, 3.63) is 66.2 Å². The van der Waals surface area contributed by atoms with E-state index < -0.39 is 0 Å². The molecule has 152 valence electrons. The molecular weight excluding hydrogens is 403 g/mol. The van der Waals surface area contributed by atoms with E-state index in [9.17, 15) is 9.18 Å². The van der Waals surface area contributed by atoms with Gasteiger partial charge >= 0.3 is 0 Å². The Morgan fingerprint density at radius 2 is 2.03 bits per heavy atom. The van der Waals surface area contributed by atoms with Crippen molar-refractivity contribution in [3.8, 4) is 5.69 Å². The largest absolute Gasteiger partial charge is 0.357 e. The Labute approximate surface area is 175 Å². The molecule has 0 saturated heterocycles. The molecule has 1 amide bonds. The summed E-state index contributed by atoms with van der Waals surface area (Å²) in [5.74, 6) is -0.416. The number of rotatable bonds is 5. The Balaban J connectivity index is 1.33. The zero-order valence-electron chi connectivity index (χ0n) is 16.0. The van der Waals surface area contributed by atoms with Gasteiger partial charge in [-0.1, -0.05) is 28.7 Å². The van der Waals surface area contributed by atoms with Crippen LogP contribution in [0.15, 0.2) is 54.9 Å². The van der Waals surface area contributed by atoms with Crippen molar-refractivity contribution in [1.29, 1.82) is 0 Å². The molecule has 2 atom stereocenters. The predicted octanol–water partition coefficient (Wildman–Crippen LogP) is 3.78. The average Bonchev–Trinajstić information content (AvgIpc) is 3.49. The van der Waals surface area contributed by atoms with Crippen LogP contribution in [0.2, 0.25) is 0 Å². The van der Waals surface area contributed by atoms with Gasteiger partial charge in [-0.25, -0.2) is 14.1 Å². The van der Waals surface area contributed by atoms with E-state index in [1.807, 2.05) is 18.2 Å². The molecule has 2 N–H and O–H groups in total. The predicted molar refractivity (Wildman–Crippen MR) is 113 cm³/mol. The SMILES string of the molecule is O=C(N[C@@H]1CCC[C@@H]1Nc1nc2ccc(F)cc2s1)c1ccccc1-n1ccnn1. The number of thiazole rings is 1. The molecule has 2 aromatic carbocycles. The van der Waals surface area contributed by atoms with Crippen LogP contribution < -0.4 is 10.6 Å². The molecule has 4 aromatic rings. The second-order valence-corrected chi connectivity index (χ2v) is 8.29. The lowest BCUT2D eigenvalue weighted by Crippen LogP contribution is -2.43. The van der Waals surface area contributed by atoms with Crippen molar-refractivity contribution in [2.45, 2.75) is 31.3 Å². The first-order chi connectivity index (χ1) is 14.7. The van der Waals surface area contributed by atoms with Crippen LogP contribution in [-0.4, -0.2) is 38.0 Å². The number of nitrogens with zero attached hydrogens (tertiary/aromatic N) is 4. The Hall–Kier alpha value is -3.33. The Morgan fingerprint density at radius 3 is 2.90 bits per heavy atom. The number of hydrogen-bond donors (Lipinski definition) is 2. The van der Waals surface area contributed by atoms with Gasteiger partial charge in [0.1, 0.15) is 5.82 Å². The normalized spacial score (nSPS) is 18.6. The highest BCUT2D eigenvalue weighted by Crippen LogP contribution is 2.30. The van der Waals surface area contributed by atoms with Crippen LogP contribution in [0.3, 0.4) is 0 Å². The molecule has 2 heterocycles. The van der Waals surface area contributed by atoms with E-state index in [-0.39, 0.29) is 23.8 Å². The molecule has 0 spiro atoms. The maximum atomic E-state index is 13.5. The minimum absolute atomic E-state index is 0.0231. The first-order valence-corrected chi connectivity index (χ1v) is 10.6. The summed E-state index contributed by atoms with van der Waals surface area (Å²) in [6.45, 7) is 0. The molecule has 1 fully saturated rings. The molecular formula is C21H19FN6OS. The number of aromatic nitrogens is 4. The topological polar surface area (TPSA) is 84.7 Å². The fourth-order valence-corrected chi connectivity index (χ4v) is 4.82. The van der Waals surface area contributed by atoms with E-state index in [1.54, 1.807) is 29.2 Å². The zero-order chi connectivity index (χ0) is 20.5. The number of nitrogens with one attached hydrogen (secondary N) is 2. The minimum Gasteiger partial charge on any atom is -0.357 e. The quantitative estimate of drug-likeness (QED) is 0.511. The lowest BCUT2D eigenvalue weighted by Gasteiger charge is -2.22. The molecule has 0 bridgehead atoms. The Morgan fingerprint density at radius 1 is 1.17 bits per heavy atom. The van der Waals surface area contributed by atoms with E-state index in [4.69, 9.17) is 0 Å². The van der Waals surface area contributed by atoms with Crippen LogP contribution in [0.25, 0.3) is 15.9 Å². The minimum atomic E-state index is -0.269. The zero-order valence-corrected chi connectivity index (χ0v) is 16.8. The summed E-state index contributed by atoms with van der Waals surface area (Å²) >= 11 is 1.42. The highest BCUT2D eigenvalue weighted by atomic mass is 32.1. The lowest BCUT2D eigenvalue weighted by atomic mass is 10.1. The van der Waals surface area contributed by atoms with Gasteiger partial charge in [0, 0.05) is 12.1 Å². The van der Waals surface area contributed by atoms with E-state index in [2.05, 4.69) is 25.9 Å². The van der Waals surface area contributed by atoms with Gasteiger partial charge in [0.05, 0.1) is 33.9 Å². The molecule has 1 aliphatic carbocycles. The van der Waals surface area contributed by atoms with Gasteiger partial charge in [0.25, 0.3) is 5.91 Å². The van der Waals surface area contributed by atoms with Gasteiger partial charge in [-0.3, -0.25) is 4.79 Å². The maximum absolute atomic E-state index is 13.5. The summed E-state index contributed by atoms with van der Waals surface area (Å²) in [6.07, 6.45) is 6.11. The molecule has 9 heteroatoms. The van der Waals surface area contributed by atoms with Gasteiger partial charge in [0.2, 0.25) is 0 Å². The van der Waals surface area contributed by atoms with Crippen molar-refractivity contribution in [1.82, 2.24) is 25.3 Å². The third kappa shape index (κ3) is 3.63. The number of halogens is 1. The van der Waals surface area contributed by atoms with Gasteiger partial charge < -0.3 is 10.6 Å². The van der Waals surface area contributed by atoms with Crippen molar-refractivity contribution in [2.24, 2.45) is 0 Å². The number of anilines is 1. The number of amides is 1. The summed E-state index contributed by atoms with van der Waals surface area (Å²) in [4.78, 5) is 17.6. The lowest BCUT2D eigenvalue weighted by molar-refractivity contribution is 0.0935. The van der Waals surface area contributed by atoms with Crippen LogP contribution in [0.1, 0.15) is 29.6 Å². The molecule has 1 aliphatic rings. The molecule has 5 rings (SSSR count). The third-order valence-corrected chi connectivity index (χ3v) is 6.26. The summed E-state index contributed by atoms with van der Waals surface area (Å²) in [5, 5.41) is 15.2. The van der Waals surface area contributed by atoms with Crippen molar-refractivity contribution >= 4 is 32.6 Å². The highest BCUT2D eigenvalue weighted by molar-refractivity contribution is 7.22. The first-order valence-electron chi connectivity index (χ1n) is 9.76. The molecule has 2 aromatic heterocycles. The number of fused-ring (bicyclic) bond motifs is 1. The van der Waals surface area contributed by atoms with Gasteiger partial charge in [-0.05, 0) is 49.6 Å². The van der Waals surface area contributed by atoms with Gasteiger partial charge in [-0.15, -0.1) is 5.10 Å². The van der Waals surface area contributed by atoms with E-state index in [0.29, 0.717) is 11.3 Å². The van der Waals surface area contributed by atoms with Crippen molar-refractivity contribution in [2.75, 3.05) is 5.32 Å². The number of benzene rings is 2. The Kier molecular flexibility index (Phi) is 4.88. The average molecular weight is 422 g/mol. The summed E-state index contributed by atoms with van der Waals surface area (Å²) in [5.41, 5.74) is 2.00. The smallest absolute Gasteiger partial charge is 0.253 e. The fraction of sp³-hybridized carbons (Fsp3) is 0.238. The molecule has 0 radical (unpaired) electrons. The van der Waals surface area contributed by atoms with Crippen LogP contribution in [0, 0.1) is 5.82 Å². The molecule has 1 saturated carbocycles. The first kappa shape index (κ1) is 18.7. The standard InChI is InChI=1S/C21H19FN6OS/c22-13-8-9-17-19(12-13)30-21(26-17)25-16-6-3-5-15(16)24-20(29)14-4-1-2-7-18(14)28-11-10-23-27-28/h1-2,4,7-12,15-16H,3,5-6H2,(H,24,29)(H,25,26)/t15-,16+/m1/s1. The monoisotopic (exact) mass is 422 g/mol. The second kappa shape index (κ2) is 7.83. The number of para-hydroxylation sites is 1. The van der Waals surface area contributed by atoms with E-state index in [1.165, 1.54) is 23.5 Å². The fourth-order valence-electron chi connectivity index (χ4n) is 3.87. The molecule has 30 heavy (non-hydrogen) atoms. The van der Waals surface area contributed by atoms with Crippen LogP contribution in [0.4, 0.5) is 9.52 Å². The van der Waals surface area contributed by atoms with Crippen LogP contribution in [-0.2, 0) is 0 Å². The molecule has 0 aliphatic heterocycles. The van der Waals surface area contributed by atoms with E-state index >= 15 is 0 Å². The summed E-state index contributed by atoms with van der Waals surface area (Å²) < 4.78 is 15.8.